The maximum Gasteiger partial charge on any atom is 0.276 e. The molecule has 0 saturated carbocycles. The molecule has 2 heterocycles. The fourth-order valence-electron chi connectivity index (χ4n) is 2.12. The van der Waals surface area contributed by atoms with E-state index in [0.717, 1.165) is 16.3 Å². The lowest BCUT2D eigenvalue weighted by Crippen LogP contribution is -2.13. The third-order valence-electron chi connectivity index (χ3n) is 3.23. The van der Waals surface area contributed by atoms with E-state index in [1.165, 1.54) is 23.6 Å². The largest absolute Gasteiger partial charge is 0.504 e. The van der Waals surface area contributed by atoms with Crippen LogP contribution in [0.3, 0.4) is 0 Å². The molecular weight excluding hydrogens is 338 g/mol. The number of hydrogen-bond donors (Lipinski definition) is 2. The molecule has 0 unspecified atom stereocenters. The van der Waals surface area contributed by atoms with Crippen LogP contribution in [-0.4, -0.2) is 27.1 Å². The summed E-state index contributed by atoms with van der Waals surface area (Å²) in [7, 11) is 0. The van der Waals surface area contributed by atoms with E-state index in [9.17, 15) is 9.90 Å². The summed E-state index contributed by atoms with van der Waals surface area (Å²) in [5, 5.41) is 14.6. The number of benzene rings is 1. The molecule has 0 spiro atoms. The number of hydrogen-bond acceptors (Lipinski definition) is 6. The molecule has 0 radical (unpaired) electrons. The van der Waals surface area contributed by atoms with Gasteiger partial charge < -0.3 is 15.2 Å². The number of aromatic hydroxyl groups is 1. The van der Waals surface area contributed by atoms with Crippen LogP contribution in [0.1, 0.15) is 24.3 Å². The number of rotatable bonds is 5. The molecule has 0 saturated heterocycles. The second-order valence-electron chi connectivity index (χ2n) is 5.55. The van der Waals surface area contributed by atoms with Crippen LogP contribution in [0.2, 0.25) is 0 Å². The predicted octanol–water partition coefficient (Wildman–Crippen LogP) is 3.95. The van der Waals surface area contributed by atoms with Crippen LogP contribution in [-0.2, 0) is 0 Å². The third-order valence-corrected chi connectivity index (χ3v) is 4.12. The van der Waals surface area contributed by atoms with Crippen LogP contribution >= 0.6 is 11.3 Å². The number of anilines is 1. The molecule has 3 aromatic rings. The van der Waals surface area contributed by atoms with E-state index in [2.05, 4.69) is 15.3 Å². The van der Waals surface area contributed by atoms with Crippen LogP contribution in [0, 0.1) is 0 Å². The molecule has 0 atom stereocenters. The molecule has 3 rings (SSSR count). The van der Waals surface area contributed by atoms with Crippen molar-refractivity contribution in [3.05, 3.63) is 53.7 Å². The van der Waals surface area contributed by atoms with Gasteiger partial charge in [0.25, 0.3) is 5.91 Å². The highest BCUT2D eigenvalue weighted by atomic mass is 32.1. The van der Waals surface area contributed by atoms with Gasteiger partial charge in [-0.25, -0.2) is 9.97 Å². The number of carbonyl (C=O) groups is 1. The van der Waals surface area contributed by atoms with E-state index in [1.807, 2.05) is 38.1 Å². The van der Waals surface area contributed by atoms with Crippen molar-refractivity contribution in [2.45, 2.75) is 20.0 Å². The summed E-state index contributed by atoms with van der Waals surface area (Å²) in [5.74, 6) is 0.388. The minimum Gasteiger partial charge on any atom is -0.504 e. The quantitative estimate of drug-likeness (QED) is 0.724. The Morgan fingerprint density at radius 3 is 2.68 bits per heavy atom. The molecule has 6 nitrogen and oxygen atoms in total. The van der Waals surface area contributed by atoms with E-state index in [4.69, 9.17) is 4.74 Å². The molecule has 1 amide bonds. The van der Waals surface area contributed by atoms with Crippen LogP contribution in [0.5, 0.6) is 11.5 Å². The highest BCUT2D eigenvalue weighted by Crippen LogP contribution is 2.27. The van der Waals surface area contributed by atoms with Gasteiger partial charge in [-0.3, -0.25) is 4.79 Å². The average Bonchev–Trinajstić information content (AvgIpc) is 3.07. The lowest BCUT2D eigenvalue weighted by molar-refractivity contribution is 0.102. The van der Waals surface area contributed by atoms with Gasteiger partial charge in [-0.1, -0.05) is 0 Å². The number of carbonyl (C=O) groups excluding carboxylic acids is 1. The molecule has 25 heavy (non-hydrogen) atoms. The van der Waals surface area contributed by atoms with Crippen molar-refractivity contribution < 1.29 is 14.6 Å². The lowest BCUT2D eigenvalue weighted by Gasteiger charge is -2.09. The van der Waals surface area contributed by atoms with Crippen LogP contribution in [0.15, 0.2) is 48.0 Å². The smallest absolute Gasteiger partial charge is 0.276 e. The molecule has 0 fully saturated rings. The summed E-state index contributed by atoms with van der Waals surface area (Å²) < 4.78 is 5.61. The van der Waals surface area contributed by atoms with E-state index < -0.39 is 5.91 Å². The Balaban J connectivity index is 1.73. The van der Waals surface area contributed by atoms with Gasteiger partial charge in [0.1, 0.15) is 16.5 Å². The van der Waals surface area contributed by atoms with E-state index in [1.54, 1.807) is 11.4 Å². The maximum absolute atomic E-state index is 12.2. The molecule has 2 aromatic heterocycles. The van der Waals surface area contributed by atoms with Gasteiger partial charge >= 0.3 is 0 Å². The number of nitrogens with zero attached hydrogens (tertiary/aromatic N) is 2. The first-order valence-corrected chi connectivity index (χ1v) is 8.59. The van der Waals surface area contributed by atoms with Crippen molar-refractivity contribution in [2.24, 2.45) is 0 Å². The summed E-state index contributed by atoms with van der Waals surface area (Å²) >= 11 is 1.37. The zero-order valence-corrected chi connectivity index (χ0v) is 14.6. The molecule has 0 aliphatic heterocycles. The third kappa shape index (κ3) is 4.13. The molecule has 2 N–H and O–H groups in total. The second kappa shape index (κ2) is 7.31. The van der Waals surface area contributed by atoms with Crippen LogP contribution < -0.4 is 10.1 Å². The normalized spacial score (nSPS) is 10.7. The number of amides is 1. The first-order chi connectivity index (χ1) is 12.0. The van der Waals surface area contributed by atoms with Gasteiger partial charge in [0, 0.05) is 17.1 Å². The highest BCUT2D eigenvalue weighted by molar-refractivity contribution is 7.13. The van der Waals surface area contributed by atoms with Gasteiger partial charge in [-0.2, -0.15) is 0 Å². The fourth-order valence-corrected chi connectivity index (χ4v) is 2.93. The SMILES string of the molecule is CC(C)Oc1ccc(-c2nc(C(=O)Nc3ncccc3O)cs2)cc1. The summed E-state index contributed by atoms with van der Waals surface area (Å²) in [6, 6.07) is 10.6. The maximum atomic E-state index is 12.2. The van der Waals surface area contributed by atoms with Crippen molar-refractivity contribution >= 4 is 23.1 Å². The van der Waals surface area contributed by atoms with Crippen molar-refractivity contribution in [1.82, 2.24) is 9.97 Å². The van der Waals surface area contributed by atoms with Crippen molar-refractivity contribution in [3.8, 4) is 22.1 Å². The summed E-state index contributed by atoms with van der Waals surface area (Å²) in [4.78, 5) is 20.5. The van der Waals surface area contributed by atoms with Gasteiger partial charge in [0.15, 0.2) is 11.6 Å². The molecule has 7 heteroatoms. The number of aromatic nitrogens is 2. The van der Waals surface area contributed by atoms with Crippen LogP contribution in [0.4, 0.5) is 5.82 Å². The van der Waals surface area contributed by atoms with E-state index in [-0.39, 0.29) is 23.4 Å². The zero-order valence-electron chi connectivity index (χ0n) is 13.8. The molecule has 128 valence electrons. The average molecular weight is 355 g/mol. The van der Waals surface area contributed by atoms with Gasteiger partial charge in [-0.05, 0) is 50.2 Å². The first kappa shape index (κ1) is 16.9. The monoisotopic (exact) mass is 355 g/mol. The second-order valence-corrected chi connectivity index (χ2v) is 6.41. The highest BCUT2D eigenvalue weighted by Gasteiger charge is 2.14. The molecule has 0 aliphatic rings. The molecule has 0 aliphatic carbocycles. The molecule has 0 bridgehead atoms. The minimum absolute atomic E-state index is 0.0907. The number of nitrogens with one attached hydrogen (secondary N) is 1. The van der Waals surface area contributed by atoms with Gasteiger partial charge in [0.05, 0.1) is 6.10 Å². The fraction of sp³-hybridized carbons (Fsp3) is 0.167. The number of thiazole rings is 1. The zero-order chi connectivity index (χ0) is 17.8. The van der Waals surface area contributed by atoms with Crippen molar-refractivity contribution in [1.29, 1.82) is 0 Å². The Hall–Kier alpha value is -2.93. The predicted molar refractivity (Wildman–Crippen MR) is 97.2 cm³/mol. The Labute approximate surface area is 149 Å². The topological polar surface area (TPSA) is 84.3 Å². The Bertz CT molecular complexity index is 875. The summed E-state index contributed by atoms with van der Waals surface area (Å²) in [6.45, 7) is 3.94. The number of pyridine rings is 1. The standard InChI is InChI=1S/C18H17N3O3S/c1-11(2)24-13-7-5-12(6-8-13)18-20-14(10-25-18)17(23)21-16-15(22)4-3-9-19-16/h3-11,22H,1-2H3,(H,19,21,23). The van der Waals surface area contributed by atoms with Gasteiger partial charge in [-0.15, -0.1) is 11.3 Å². The first-order valence-electron chi connectivity index (χ1n) is 7.71. The lowest BCUT2D eigenvalue weighted by atomic mass is 10.2. The van der Waals surface area contributed by atoms with Crippen molar-refractivity contribution in [2.75, 3.05) is 5.32 Å². The Morgan fingerprint density at radius 1 is 1.24 bits per heavy atom. The van der Waals surface area contributed by atoms with E-state index >= 15 is 0 Å². The van der Waals surface area contributed by atoms with Crippen LogP contribution in [0.25, 0.3) is 10.6 Å². The van der Waals surface area contributed by atoms with Gasteiger partial charge in [0.2, 0.25) is 0 Å². The molecular formula is C18H17N3O3S. The van der Waals surface area contributed by atoms with Crippen molar-refractivity contribution in [3.63, 3.8) is 0 Å². The van der Waals surface area contributed by atoms with E-state index in [0.29, 0.717) is 0 Å². The Morgan fingerprint density at radius 2 is 2.00 bits per heavy atom. The summed E-state index contributed by atoms with van der Waals surface area (Å²) in [5.41, 5.74) is 1.17. The molecule has 1 aromatic carbocycles. The summed E-state index contributed by atoms with van der Waals surface area (Å²) in [6.07, 6.45) is 1.60. The number of ether oxygens (including phenoxy) is 1. The Kier molecular flexibility index (Phi) is 4.95. The minimum atomic E-state index is -0.420.